The second-order valence-corrected chi connectivity index (χ2v) is 6.75. The number of piperidine rings is 1. The molecule has 0 radical (unpaired) electrons. The predicted octanol–water partition coefficient (Wildman–Crippen LogP) is 2.81. The number of nitrogens with zero attached hydrogens (tertiary/aromatic N) is 4. The molecule has 2 rings (SSSR count). The van der Waals surface area contributed by atoms with E-state index in [4.69, 9.17) is 21.6 Å². The number of anilines is 1. The maximum atomic E-state index is 12.0. The molecule has 1 aromatic rings. The van der Waals surface area contributed by atoms with E-state index in [0.717, 1.165) is 12.8 Å². The molecule has 1 aromatic heterocycles. The number of carbonyl (C=O) groups is 1. The lowest BCUT2D eigenvalue weighted by atomic mass is 10.1. The molecule has 0 saturated carbocycles. The number of aromatic nitrogens is 2. The third-order valence-corrected chi connectivity index (χ3v) is 3.63. The lowest BCUT2D eigenvalue weighted by Gasteiger charge is -2.33. The van der Waals surface area contributed by atoms with Gasteiger partial charge in [-0.25, -0.2) is 9.78 Å². The van der Waals surface area contributed by atoms with Crippen molar-refractivity contribution in [2.24, 2.45) is 0 Å². The molecular weight excluding hydrogens is 318 g/mol. The first-order valence-corrected chi connectivity index (χ1v) is 7.83. The van der Waals surface area contributed by atoms with Crippen molar-refractivity contribution >= 4 is 23.6 Å². The van der Waals surface area contributed by atoms with Crippen LogP contribution in [-0.2, 0) is 4.74 Å². The number of amides is 1. The average molecular weight is 338 g/mol. The normalized spacial score (nSPS) is 15.9. The molecule has 7 nitrogen and oxygen atoms in total. The van der Waals surface area contributed by atoms with Crippen LogP contribution in [0.3, 0.4) is 0 Å². The van der Waals surface area contributed by atoms with Crippen LogP contribution in [0.5, 0.6) is 0 Å². The first kappa shape index (κ1) is 17.3. The van der Waals surface area contributed by atoms with Gasteiger partial charge in [0.2, 0.25) is 5.95 Å². The molecule has 23 heavy (non-hydrogen) atoms. The Kier molecular flexibility index (Phi) is 5.26. The maximum Gasteiger partial charge on any atom is 0.410 e. The molecule has 1 N–H and O–H groups in total. The largest absolute Gasteiger partial charge is 0.444 e. The number of ether oxygens (including phenoxy) is 1. The van der Waals surface area contributed by atoms with E-state index in [1.54, 1.807) is 4.90 Å². The van der Waals surface area contributed by atoms with Gasteiger partial charge in [-0.1, -0.05) is 11.6 Å². The summed E-state index contributed by atoms with van der Waals surface area (Å²) in [6.45, 7) is 6.77. The van der Waals surface area contributed by atoms with E-state index in [9.17, 15) is 4.79 Å². The van der Waals surface area contributed by atoms with Crippen LogP contribution in [0.25, 0.3) is 0 Å². The summed E-state index contributed by atoms with van der Waals surface area (Å²) in [6.07, 6.45) is 2.64. The van der Waals surface area contributed by atoms with Crippen molar-refractivity contribution in [1.29, 1.82) is 5.26 Å². The van der Waals surface area contributed by atoms with E-state index < -0.39 is 5.60 Å². The van der Waals surface area contributed by atoms with Gasteiger partial charge in [-0.05, 0) is 33.6 Å². The van der Waals surface area contributed by atoms with Gasteiger partial charge in [0.25, 0.3) is 0 Å². The highest BCUT2D eigenvalue weighted by Crippen LogP contribution is 2.19. The van der Waals surface area contributed by atoms with Crippen LogP contribution >= 0.6 is 11.6 Å². The molecule has 0 spiro atoms. The van der Waals surface area contributed by atoms with Crippen molar-refractivity contribution in [3.8, 4) is 6.07 Å². The van der Waals surface area contributed by atoms with Gasteiger partial charge in [0, 0.05) is 19.1 Å². The summed E-state index contributed by atoms with van der Waals surface area (Å²) in [5.41, 5.74) is -0.240. The standard InChI is InChI=1S/C15H20ClN5O2/c1-15(2,3)23-14(22)21-6-4-11(5-7-21)19-13-18-9-10(8-17)12(16)20-13/h9,11H,4-7H2,1-3H3,(H,18,19,20). The summed E-state index contributed by atoms with van der Waals surface area (Å²) in [7, 11) is 0. The van der Waals surface area contributed by atoms with Gasteiger partial charge >= 0.3 is 6.09 Å². The van der Waals surface area contributed by atoms with Crippen molar-refractivity contribution < 1.29 is 9.53 Å². The number of nitrogens with one attached hydrogen (secondary N) is 1. The molecular formula is C15H20ClN5O2. The van der Waals surface area contributed by atoms with Crippen molar-refractivity contribution in [1.82, 2.24) is 14.9 Å². The molecule has 0 aromatic carbocycles. The fourth-order valence-electron chi connectivity index (χ4n) is 2.22. The van der Waals surface area contributed by atoms with E-state index in [-0.39, 0.29) is 22.9 Å². The molecule has 8 heteroatoms. The Balaban J connectivity index is 1.86. The Morgan fingerprint density at radius 3 is 2.65 bits per heavy atom. The minimum atomic E-state index is -0.487. The van der Waals surface area contributed by atoms with Crippen LogP contribution in [0.1, 0.15) is 39.2 Å². The summed E-state index contributed by atoms with van der Waals surface area (Å²) in [5, 5.41) is 12.1. The summed E-state index contributed by atoms with van der Waals surface area (Å²) >= 11 is 5.89. The molecule has 0 atom stereocenters. The molecule has 2 heterocycles. The van der Waals surface area contributed by atoms with Crippen LogP contribution in [0.2, 0.25) is 5.15 Å². The molecule has 124 valence electrons. The molecule has 0 bridgehead atoms. The van der Waals surface area contributed by atoms with Crippen molar-refractivity contribution in [2.45, 2.75) is 45.3 Å². The number of likely N-dealkylation sites (tertiary alicyclic amines) is 1. The van der Waals surface area contributed by atoms with E-state index in [1.165, 1.54) is 6.20 Å². The summed E-state index contributed by atoms with van der Waals surface area (Å²) in [5.74, 6) is 0.393. The monoisotopic (exact) mass is 337 g/mol. The predicted molar refractivity (Wildman–Crippen MR) is 86.2 cm³/mol. The van der Waals surface area contributed by atoms with Gasteiger partial charge in [-0.15, -0.1) is 0 Å². The summed E-state index contributed by atoms with van der Waals surface area (Å²) in [4.78, 5) is 21.8. The molecule has 0 unspecified atom stereocenters. The minimum Gasteiger partial charge on any atom is -0.444 e. The quantitative estimate of drug-likeness (QED) is 0.834. The fraction of sp³-hybridized carbons (Fsp3) is 0.600. The average Bonchev–Trinajstić information content (AvgIpc) is 2.46. The van der Waals surface area contributed by atoms with Gasteiger partial charge in [0.05, 0.1) is 6.20 Å². The van der Waals surface area contributed by atoms with E-state index in [0.29, 0.717) is 19.0 Å². The fourth-order valence-corrected chi connectivity index (χ4v) is 2.39. The zero-order chi connectivity index (χ0) is 17.0. The highest BCUT2D eigenvalue weighted by Gasteiger charge is 2.27. The highest BCUT2D eigenvalue weighted by atomic mass is 35.5. The molecule has 0 aliphatic carbocycles. The third-order valence-electron chi connectivity index (χ3n) is 3.34. The molecule has 1 saturated heterocycles. The Bertz CT molecular complexity index is 615. The molecule has 1 aliphatic heterocycles. The minimum absolute atomic E-state index is 0.135. The highest BCUT2D eigenvalue weighted by molar-refractivity contribution is 6.30. The van der Waals surface area contributed by atoms with Crippen LogP contribution in [0.15, 0.2) is 6.20 Å². The van der Waals surface area contributed by atoms with Gasteiger partial charge in [0.1, 0.15) is 17.2 Å². The zero-order valence-corrected chi connectivity index (χ0v) is 14.2. The van der Waals surface area contributed by atoms with Gasteiger partial charge in [0.15, 0.2) is 5.15 Å². The number of nitriles is 1. The van der Waals surface area contributed by atoms with E-state index in [1.807, 2.05) is 26.8 Å². The van der Waals surface area contributed by atoms with Crippen molar-refractivity contribution in [3.63, 3.8) is 0 Å². The van der Waals surface area contributed by atoms with E-state index in [2.05, 4.69) is 15.3 Å². The van der Waals surface area contributed by atoms with Crippen LogP contribution < -0.4 is 5.32 Å². The summed E-state index contributed by atoms with van der Waals surface area (Å²) in [6, 6.07) is 2.07. The first-order valence-electron chi connectivity index (χ1n) is 7.45. The number of hydrogen-bond acceptors (Lipinski definition) is 6. The molecule has 1 amide bonds. The van der Waals surface area contributed by atoms with Crippen molar-refractivity contribution in [2.75, 3.05) is 18.4 Å². The molecule has 1 fully saturated rings. The maximum absolute atomic E-state index is 12.0. The SMILES string of the molecule is CC(C)(C)OC(=O)N1CCC(Nc2ncc(C#N)c(Cl)n2)CC1. The number of halogens is 1. The summed E-state index contributed by atoms with van der Waals surface area (Å²) < 4.78 is 5.37. The zero-order valence-electron chi connectivity index (χ0n) is 13.5. The lowest BCUT2D eigenvalue weighted by molar-refractivity contribution is 0.0210. The van der Waals surface area contributed by atoms with Gasteiger partial charge < -0.3 is 15.0 Å². The Morgan fingerprint density at radius 1 is 1.48 bits per heavy atom. The number of carbonyl (C=O) groups excluding carboxylic acids is 1. The Labute approximate surface area is 140 Å². The van der Waals surface area contributed by atoms with Crippen molar-refractivity contribution in [3.05, 3.63) is 16.9 Å². The smallest absolute Gasteiger partial charge is 0.410 e. The van der Waals surface area contributed by atoms with Crippen LogP contribution in [0, 0.1) is 11.3 Å². The van der Waals surface area contributed by atoms with Crippen LogP contribution in [0.4, 0.5) is 10.7 Å². The van der Waals surface area contributed by atoms with Gasteiger partial charge in [-0.2, -0.15) is 10.2 Å². The Hall–Kier alpha value is -2.07. The molecule has 1 aliphatic rings. The Morgan fingerprint density at radius 2 is 2.13 bits per heavy atom. The second-order valence-electron chi connectivity index (χ2n) is 6.40. The van der Waals surface area contributed by atoms with Crippen LogP contribution in [-0.4, -0.2) is 45.7 Å². The first-order chi connectivity index (χ1) is 10.8. The number of rotatable bonds is 2. The third kappa shape index (κ3) is 4.96. The lowest BCUT2D eigenvalue weighted by Crippen LogP contribution is -2.44. The second kappa shape index (κ2) is 7.01. The van der Waals surface area contributed by atoms with E-state index >= 15 is 0 Å². The van der Waals surface area contributed by atoms with Gasteiger partial charge in [-0.3, -0.25) is 0 Å². The topological polar surface area (TPSA) is 91.1 Å². The number of hydrogen-bond donors (Lipinski definition) is 1.